The van der Waals surface area contributed by atoms with Crippen LogP contribution < -0.4 is 5.32 Å². The zero-order valence-electron chi connectivity index (χ0n) is 10.8. The molecule has 6 heteroatoms. The molecule has 1 N–H and O–H groups in total. The molecule has 1 aromatic heterocycles. The lowest BCUT2D eigenvalue weighted by atomic mass is 10.1. The van der Waals surface area contributed by atoms with E-state index in [1.165, 1.54) is 15.3 Å². The van der Waals surface area contributed by atoms with Crippen LogP contribution in [0.5, 0.6) is 0 Å². The van der Waals surface area contributed by atoms with Gasteiger partial charge in [-0.1, -0.05) is 0 Å². The highest BCUT2D eigenvalue weighted by molar-refractivity contribution is 7.98. The molecule has 0 saturated carbocycles. The molecule has 1 unspecified atom stereocenters. The van der Waals surface area contributed by atoms with Crippen molar-refractivity contribution in [2.75, 3.05) is 12.8 Å². The molecule has 1 aliphatic heterocycles. The summed E-state index contributed by atoms with van der Waals surface area (Å²) in [5.74, 6) is 2.20. The van der Waals surface area contributed by atoms with Gasteiger partial charge in [0, 0.05) is 28.0 Å². The Morgan fingerprint density at radius 1 is 1.42 bits per heavy atom. The normalized spacial score (nSPS) is 17.3. The first-order valence-electron chi connectivity index (χ1n) is 6.43. The number of hydrogen-bond acceptors (Lipinski definition) is 3. The predicted molar refractivity (Wildman–Crippen MR) is 75.9 cm³/mol. The van der Waals surface area contributed by atoms with Gasteiger partial charge in [0.05, 0.1) is 0 Å². The first-order valence-corrected chi connectivity index (χ1v) is 8.40. The van der Waals surface area contributed by atoms with Crippen LogP contribution in [-0.2, 0) is 12.2 Å². The molecule has 0 aliphatic carbocycles. The Balaban J connectivity index is 1.95. The van der Waals surface area contributed by atoms with Crippen molar-refractivity contribution < 1.29 is 13.2 Å². The van der Waals surface area contributed by atoms with Gasteiger partial charge in [0.2, 0.25) is 0 Å². The first-order chi connectivity index (χ1) is 8.99. The molecule has 19 heavy (non-hydrogen) atoms. The van der Waals surface area contributed by atoms with Gasteiger partial charge in [-0.15, -0.1) is 11.3 Å². The molecule has 0 bridgehead atoms. The van der Waals surface area contributed by atoms with Crippen molar-refractivity contribution in [1.29, 1.82) is 0 Å². The maximum atomic E-state index is 12.2. The van der Waals surface area contributed by atoms with E-state index in [9.17, 15) is 13.2 Å². The van der Waals surface area contributed by atoms with Crippen LogP contribution in [0.2, 0.25) is 0 Å². The highest BCUT2D eigenvalue weighted by Gasteiger charge is 2.27. The van der Waals surface area contributed by atoms with E-state index in [1.807, 2.05) is 18.8 Å². The molecular weight excluding hydrogens is 291 g/mol. The lowest BCUT2D eigenvalue weighted by Crippen LogP contribution is -2.16. The maximum Gasteiger partial charge on any atom is 0.389 e. The highest BCUT2D eigenvalue weighted by Crippen LogP contribution is 2.36. The minimum Gasteiger partial charge on any atom is -0.312 e. The molecule has 0 amide bonds. The zero-order chi connectivity index (χ0) is 13.9. The van der Waals surface area contributed by atoms with Gasteiger partial charge < -0.3 is 5.32 Å². The Morgan fingerprint density at radius 3 is 2.84 bits per heavy atom. The summed E-state index contributed by atoms with van der Waals surface area (Å²) in [6.07, 6.45) is -2.89. The van der Waals surface area contributed by atoms with Gasteiger partial charge in [-0.3, -0.25) is 0 Å². The first kappa shape index (κ1) is 15.2. The van der Waals surface area contributed by atoms with Crippen molar-refractivity contribution in [1.82, 2.24) is 5.32 Å². The fourth-order valence-corrected chi connectivity index (χ4v) is 4.80. The number of rotatable bonds is 5. The lowest BCUT2D eigenvalue weighted by molar-refractivity contribution is -0.135. The van der Waals surface area contributed by atoms with Gasteiger partial charge in [-0.05, 0) is 43.7 Å². The maximum absolute atomic E-state index is 12.2. The van der Waals surface area contributed by atoms with Crippen LogP contribution in [0, 0.1) is 0 Å². The highest BCUT2D eigenvalue weighted by atomic mass is 32.2. The van der Waals surface area contributed by atoms with Crippen molar-refractivity contribution in [2.24, 2.45) is 0 Å². The molecule has 1 nitrogen and oxygen atoms in total. The summed E-state index contributed by atoms with van der Waals surface area (Å²) in [6.45, 7) is 0. The van der Waals surface area contributed by atoms with Crippen LogP contribution in [0.4, 0.5) is 13.2 Å². The fraction of sp³-hybridized carbons (Fsp3) is 0.692. The van der Waals surface area contributed by atoms with Gasteiger partial charge in [0.1, 0.15) is 0 Å². The third kappa shape index (κ3) is 4.39. The second-order valence-corrected chi connectivity index (χ2v) is 7.02. The summed E-state index contributed by atoms with van der Waals surface area (Å²) in [6, 6.07) is 2.24. The predicted octanol–water partition coefficient (Wildman–Crippen LogP) is 4.53. The summed E-state index contributed by atoms with van der Waals surface area (Å²) in [7, 11) is 1.83. The van der Waals surface area contributed by atoms with E-state index < -0.39 is 12.6 Å². The topological polar surface area (TPSA) is 12.0 Å². The largest absolute Gasteiger partial charge is 0.389 e. The molecule has 0 spiro atoms. The van der Waals surface area contributed by atoms with Gasteiger partial charge in [-0.2, -0.15) is 24.9 Å². The summed E-state index contributed by atoms with van der Waals surface area (Å²) in [5.41, 5.74) is 1.38. The van der Waals surface area contributed by atoms with Gasteiger partial charge in [-0.25, -0.2) is 0 Å². The van der Waals surface area contributed by atoms with Gasteiger partial charge >= 0.3 is 6.18 Å². The Kier molecular flexibility index (Phi) is 5.20. The number of aryl methyl sites for hydroxylation is 1. The molecule has 1 aromatic rings. The lowest BCUT2D eigenvalue weighted by Gasteiger charge is -2.15. The molecule has 1 atom stereocenters. The Bertz CT molecular complexity index is 391. The number of halogens is 3. The second kappa shape index (κ2) is 6.50. The van der Waals surface area contributed by atoms with E-state index in [2.05, 4.69) is 11.4 Å². The van der Waals surface area contributed by atoms with Gasteiger partial charge in [0.25, 0.3) is 0 Å². The molecule has 108 valence electrons. The van der Waals surface area contributed by atoms with Crippen LogP contribution in [0.3, 0.4) is 0 Å². The number of thioether (sulfide) groups is 1. The monoisotopic (exact) mass is 309 g/mol. The van der Waals surface area contributed by atoms with Crippen molar-refractivity contribution in [3.05, 3.63) is 21.4 Å². The molecule has 0 aromatic carbocycles. The molecule has 2 rings (SSSR count). The average Bonchev–Trinajstić information content (AvgIpc) is 2.76. The summed E-state index contributed by atoms with van der Waals surface area (Å²) in [4.78, 5) is 2.61. The van der Waals surface area contributed by atoms with E-state index >= 15 is 0 Å². The summed E-state index contributed by atoms with van der Waals surface area (Å²) >= 11 is 3.70. The minimum absolute atomic E-state index is 0.0583. The SMILES string of the molecule is CNC(CCCC(F)(F)F)c1cc2c(s1)CCSC2. The van der Waals surface area contributed by atoms with Crippen molar-refractivity contribution >= 4 is 23.1 Å². The van der Waals surface area contributed by atoms with E-state index in [1.54, 1.807) is 11.3 Å². The Morgan fingerprint density at radius 2 is 2.21 bits per heavy atom. The standard InChI is InChI=1S/C13H18F3NS2/c1-17-10(3-2-5-13(14,15)16)12-7-9-8-18-6-4-11(9)19-12/h7,10,17H,2-6,8H2,1H3. The van der Waals surface area contributed by atoms with E-state index in [0.717, 1.165) is 17.9 Å². The number of thiophene rings is 1. The van der Waals surface area contributed by atoms with Crippen molar-refractivity contribution in [2.45, 2.75) is 43.7 Å². The molecule has 0 fully saturated rings. The molecule has 0 radical (unpaired) electrons. The summed E-state index contributed by atoms with van der Waals surface area (Å²) in [5, 5.41) is 3.15. The zero-order valence-corrected chi connectivity index (χ0v) is 12.5. The third-order valence-corrected chi connectivity index (χ3v) is 5.65. The smallest absolute Gasteiger partial charge is 0.312 e. The van der Waals surface area contributed by atoms with Crippen molar-refractivity contribution in [3.8, 4) is 0 Å². The quantitative estimate of drug-likeness (QED) is 0.857. The second-order valence-electron chi connectivity index (χ2n) is 4.75. The Hall–Kier alpha value is -0.200. The van der Waals surface area contributed by atoms with Crippen LogP contribution in [0.15, 0.2) is 6.07 Å². The van der Waals surface area contributed by atoms with Crippen LogP contribution in [0.1, 0.15) is 40.6 Å². The minimum atomic E-state index is -4.04. The van der Waals surface area contributed by atoms with E-state index in [4.69, 9.17) is 0 Å². The number of fused-ring (bicyclic) bond motifs is 1. The van der Waals surface area contributed by atoms with Crippen LogP contribution >= 0.6 is 23.1 Å². The summed E-state index contributed by atoms with van der Waals surface area (Å²) < 4.78 is 36.5. The van der Waals surface area contributed by atoms with Crippen molar-refractivity contribution in [3.63, 3.8) is 0 Å². The molecular formula is C13H18F3NS2. The number of hydrogen-bond donors (Lipinski definition) is 1. The van der Waals surface area contributed by atoms with Gasteiger partial charge in [0.15, 0.2) is 0 Å². The van der Waals surface area contributed by atoms with E-state index in [-0.39, 0.29) is 12.5 Å². The molecule has 1 aliphatic rings. The Labute approximate surface area is 120 Å². The van der Waals surface area contributed by atoms with E-state index in [0.29, 0.717) is 6.42 Å². The third-order valence-electron chi connectivity index (χ3n) is 3.29. The van der Waals surface area contributed by atoms with Crippen LogP contribution in [0.25, 0.3) is 0 Å². The molecule has 2 heterocycles. The fourth-order valence-electron chi connectivity index (χ4n) is 2.28. The number of alkyl halides is 3. The molecule has 0 saturated heterocycles. The average molecular weight is 309 g/mol. The van der Waals surface area contributed by atoms with Crippen LogP contribution in [-0.4, -0.2) is 19.0 Å². The number of nitrogens with one attached hydrogen (secondary N) is 1.